The maximum absolute atomic E-state index is 12.1. The van der Waals surface area contributed by atoms with Gasteiger partial charge in [-0.25, -0.2) is 4.79 Å². The molecule has 6 nitrogen and oxygen atoms in total. The van der Waals surface area contributed by atoms with Crippen LogP contribution in [-0.2, 0) is 25.7 Å². The van der Waals surface area contributed by atoms with Crippen LogP contribution >= 0.6 is 0 Å². The summed E-state index contributed by atoms with van der Waals surface area (Å²) >= 11 is 0. The van der Waals surface area contributed by atoms with Gasteiger partial charge < -0.3 is 19.5 Å². The maximum atomic E-state index is 12.1. The number of amides is 1. The standard InChI is InChI=1S/C15H19NO5/c17-14(16-7-9-21-11-13(16)15(18)19)6-8-20-10-12-4-2-1-3-5-12/h1-5,13H,6-11H2,(H,18,19). The summed E-state index contributed by atoms with van der Waals surface area (Å²) in [5.74, 6) is -1.24. The number of carbonyl (C=O) groups is 2. The van der Waals surface area contributed by atoms with Gasteiger partial charge in [0.15, 0.2) is 6.04 Å². The van der Waals surface area contributed by atoms with Crippen molar-refractivity contribution < 1.29 is 24.2 Å². The van der Waals surface area contributed by atoms with Crippen LogP contribution in [0, 0.1) is 0 Å². The van der Waals surface area contributed by atoms with E-state index in [-0.39, 0.29) is 25.5 Å². The molecule has 0 saturated carbocycles. The average Bonchev–Trinajstić information content (AvgIpc) is 2.52. The molecule has 0 radical (unpaired) electrons. The Morgan fingerprint density at radius 2 is 2.10 bits per heavy atom. The number of carboxylic acid groups (broad SMARTS) is 1. The van der Waals surface area contributed by atoms with Crippen LogP contribution in [0.4, 0.5) is 0 Å². The molecule has 0 aromatic heterocycles. The summed E-state index contributed by atoms with van der Waals surface area (Å²) in [4.78, 5) is 24.5. The highest BCUT2D eigenvalue weighted by atomic mass is 16.5. The highest BCUT2D eigenvalue weighted by molar-refractivity contribution is 5.84. The Hall–Kier alpha value is -1.92. The molecule has 1 N–H and O–H groups in total. The van der Waals surface area contributed by atoms with Crippen LogP contribution in [0.15, 0.2) is 30.3 Å². The van der Waals surface area contributed by atoms with Crippen LogP contribution in [0.1, 0.15) is 12.0 Å². The van der Waals surface area contributed by atoms with E-state index in [9.17, 15) is 9.59 Å². The maximum Gasteiger partial charge on any atom is 0.328 e. The number of aliphatic carboxylic acids is 1. The van der Waals surface area contributed by atoms with E-state index in [1.807, 2.05) is 30.3 Å². The Morgan fingerprint density at radius 1 is 1.33 bits per heavy atom. The van der Waals surface area contributed by atoms with Gasteiger partial charge >= 0.3 is 5.97 Å². The molecular weight excluding hydrogens is 274 g/mol. The SMILES string of the molecule is O=C(O)C1COCCN1C(=O)CCOCc1ccccc1. The minimum absolute atomic E-state index is 0.0476. The first-order valence-electron chi connectivity index (χ1n) is 6.90. The normalized spacial score (nSPS) is 18.5. The molecule has 1 atom stereocenters. The molecule has 1 amide bonds. The number of benzene rings is 1. The molecule has 1 saturated heterocycles. The lowest BCUT2D eigenvalue weighted by Gasteiger charge is -2.32. The Labute approximate surface area is 123 Å². The van der Waals surface area contributed by atoms with Gasteiger partial charge in [0.1, 0.15) is 0 Å². The number of hydrogen-bond acceptors (Lipinski definition) is 4. The number of ether oxygens (including phenoxy) is 2. The van der Waals surface area contributed by atoms with Crippen LogP contribution in [0.25, 0.3) is 0 Å². The minimum Gasteiger partial charge on any atom is -0.480 e. The third-order valence-electron chi connectivity index (χ3n) is 3.31. The molecule has 1 unspecified atom stereocenters. The molecule has 0 bridgehead atoms. The Bertz CT molecular complexity index is 476. The summed E-state index contributed by atoms with van der Waals surface area (Å²) < 4.78 is 10.6. The molecule has 0 aliphatic carbocycles. The predicted octanol–water partition coefficient (Wildman–Crippen LogP) is 0.905. The number of nitrogens with zero attached hydrogens (tertiary/aromatic N) is 1. The first-order chi connectivity index (χ1) is 10.2. The molecule has 1 aromatic carbocycles. The van der Waals surface area contributed by atoms with Gasteiger partial charge in [0.25, 0.3) is 0 Å². The molecule has 1 aromatic rings. The molecule has 0 spiro atoms. The lowest BCUT2D eigenvalue weighted by molar-refractivity contribution is -0.158. The molecule has 1 heterocycles. The number of carboxylic acids is 1. The van der Waals surface area contributed by atoms with Crippen LogP contribution in [0.3, 0.4) is 0 Å². The van der Waals surface area contributed by atoms with Gasteiger partial charge in [-0.15, -0.1) is 0 Å². The van der Waals surface area contributed by atoms with Crippen LogP contribution in [0.5, 0.6) is 0 Å². The van der Waals surface area contributed by atoms with Crippen molar-refractivity contribution in [2.45, 2.75) is 19.1 Å². The van der Waals surface area contributed by atoms with E-state index in [4.69, 9.17) is 14.6 Å². The van der Waals surface area contributed by atoms with E-state index in [1.165, 1.54) is 4.90 Å². The summed E-state index contributed by atoms with van der Waals surface area (Å²) in [5.41, 5.74) is 1.04. The van der Waals surface area contributed by atoms with Crippen molar-refractivity contribution in [3.05, 3.63) is 35.9 Å². The van der Waals surface area contributed by atoms with E-state index in [0.717, 1.165) is 5.56 Å². The van der Waals surface area contributed by atoms with Gasteiger partial charge in [0.2, 0.25) is 5.91 Å². The predicted molar refractivity (Wildman–Crippen MR) is 74.7 cm³/mol. The van der Waals surface area contributed by atoms with E-state index in [0.29, 0.717) is 19.8 Å². The van der Waals surface area contributed by atoms with Crippen LogP contribution in [0.2, 0.25) is 0 Å². The molecule has 6 heteroatoms. The summed E-state index contributed by atoms with van der Waals surface area (Å²) in [6, 6.07) is 8.79. The van der Waals surface area contributed by atoms with Gasteiger partial charge in [-0.3, -0.25) is 4.79 Å². The number of morpholine rings is 1. The van der Waals surface area contributed by atoms with Crippen LogP contribution in [-0.4, -0.2) is 54.3 Å². The lowest BCUT2D eigenvalue weighted by Crippen LogP contribution is -2.52. The molecule has 21 heavy (non-hydrogen) atoms. The molecule has 1 fully saturated rings. The van der Waals surface area contributed by atoms with Crippen molar-refractivity contribution in [3.63, 3.8) is 0 Å². The zero-order valence-electron chi connectivity index (χ0n) is 11.7. The highest BCUT2D eigenvalue weighted by Crippen LogP contribution is 2.09. The number of hydrogen-bond donors (Lipinski definition) is 1. The van der Waals surface area contributed by atoms with Gasteiger partial charge in [-0.2, -0.15) is 0 Å². The zero-order valence-corrected chi connectivity index (χ0v) is 11.7. The van der Waals surface area contributed by atoms with Crippen LogP contribution < -0.4 is 0 Å². The molecule has 2 rings (SSSR count). The van der Waals surface area contributed by atoms with Gasteiger partial charge in [-0.1, -0.05) is 30.3 Å². The summed E-state index contributed by atoms with van der Waals surface area (Å²) in [6.07, 6.45) is 0.177. The van der Waals surface area contributed by atoms with Crippen molar-refractivity contribution in [1.29, 1.82) is 0 Å². The van der Waals surface area contributed by atoms with E-state index >= 15 is 0 Å². The third-order valence-corrected chi connectivity index (χ3v) is 3.31. The second-order valence-electron chi connectivity index (χ2n) is 4.80. The van der Waals surface area contributed by atoms with Gasteiger partial charge in [0.05, 0.1) is 32.8 Å². The first kappa shape index (κ1) is 15.5. The lowest BCUT2D eigenvalue weighted by atomic mass is 10.2. The molecular formula is C15H19NO5. The van der Waals surface area contributed by atoms with E-state index < -0.39 is 12.0 Å². The molecule has 114 valence electrons. The largest absolute Gasteiger partial charge is 0.480 e. The zero-order chi connectivity index (χ0) is 15.1. The van der Waals surface area contributed by atoms with Crippen molar-refractivity contribution in [2.24, 2.45) is 0 Å². The fourth-order valence-electron chi connectivity index (χ4n) is 2.17. The van der Waals surface area contributed by atoms with E-state index in [1.54, 1.807) is 0 Å². The Balaban J connectivity index is 1.74. The molecule has 1 aliphatic rings. The fourth-order valence-corrected chi connectivity index (χ4v) is 2.17. The van der Waals surface area contributed by atoms with Crippen molar-refractivity contribution in [2.75, 3.05) is 26.4 Å². The first-order valence-corrected chi connectivity index (χ1v) is 6.90. The number of rotatable bonds is 6. The second kappa shape index (κ2) is 7.75. The van der Waals surface area contributed by atoms with E-state index in [2.05, 4.69) is 0 Å². The van der Waals surface area contributed by atoms with Crippen molar-refractivity contribution >= 4 is 11.9 Å². The average molecular weight is 293 g/mol. The quantitative estimate of drug-likeness (QED) is 0.789. The fraction of sp³-hybridized carbons (Fsp3) is 0.467. The minimum atomic E-state index is -1.03. The number of carbonyl (C=O) groups excluding carboxylic acids is 1. The third kappa shape index (κ3) is 4.54. The second-order valence-corrected chi connectivity index (χ2v) is 4.80. The summed E-state index contributed by atoms with van der Waals surface area (Å²) in [6.45, 7) is 1.46. The Kier molecular flexibility index (Phi) is 5.71. The topological polar surface area (TPSA) is 76.1 Å². The summed E-state index contributed by atoms with van der Waals surface area (Å²) in [7, 11) is 0. The highest BCUT2D eigenvalue weighted by Gasteiger charge is 2.32. The van der Waals surface area contributed by atoms with Crippen molar-refractivity contribution in [1.82, 2.24) is 4.90 Å². The summed E-state index contributed by atoms with van der Waals surface area (Å²) in [5, 5.41) is 9.07. The van der Waals surface area contributed by atoms with Crippen molar-refractivity contribution in [3.8, 4) is 0 Å². The monoisotopic (exact) mass is 293 g/mol. The Morgan fingerprint density at radius 3 is 2.81 bits per heavy atom. The smallest absolute Gasteiger partial charge is 0.328 e. The van der Waals surface area contributed by atoms with Gasteiger partial charge in [-0.05, 0) is 5.56 Å². The van der Waals surface area contributed by atoms with Gasteiger partial charge in [0, 0.05) is 6.54 Å². The molecule has 1 aliphatic heterocycles.